The van der Waals surface area contributed by atoms with Crippen LogP contribution in [0, 0.1) is 0 Å². The molecule has 0 bridgehead atoms. The van der Waals surface area contributed by atoms with E-state index >= 15 is 0 Å². The molecule has 0 saturated heterocycles. The highest BCUT2D eigenvalue weighted by Crippen LogP contribution is 2.27. The van der Waals surface area contributed by atoms with Gasteiger partial charge in [-0.25, -0.2) is 8.42 Å². The van der Waals surface area contributed by atoms with Crippen molar-refractivity contribution < 1.29 is 8.42 Å². The first kappa shape index (κ1) is 16.2. The molecular formula is C21H18O2S. The molecule has 0 N–H and O–H groups in total. The maximum Gasteiger partial charge on any atom is 0.183 e. The van der Waals surface area contributed by atoms with Crippen LogP contribution in [-0.2, 0) is 15.6 Å². The first-order valence-electron chi connectivity index (χ1n) is 7.74. The van der Waals surface area contributed by atoms with Gasteiger partial charge in [0.25, 0.3) is 0 Å². The minimum absolute atomic E-state index is 0.0125. The van der Waals surface area contributed by atoms with E-state index in [1.165, 1.54) is 0 Å². The molecule has 120 valence electrons. The fraction of sp³-hybridized carbons (Fsp3) is 0.0476. The van der Waals surface area contributed by atoms with E-state index in [-0.39, 0.29) is 5.75 Å². The van der Waals surface area contributed by atoms with Crippen molar-refractivity contribution in [3.8, 4) is 0 Å². The van der Waals surface area contributed by atoms with Crippen molar-refractivity contribution in [2.75, 3.05) is 0 Å². The van der Waals surface area contributed by atoms with Crippen molar-refractivity contribution in [3.05, 3.63) is 108 Å². The second-order valence-electron chi connectivity index (χ2n) is 5.53. The predicted octanol–water partition coefficient (Wildman–Crippen LogP) is 4.80. The summed E-state index contributed by atoms with van der Waals surface area (Å²) in [4.78, 5) is 0.346. The smallest absolute Gasteiger partial charge is 0.183 e. The molecule has 3 aromatic carbocycles. The van der Waals surface area contributed by atoms with Crippen molar-refractivity contribution >= 4 is 20.8 Å². The summed E-state index contributed by atoms with van der Waals surface area (Å²) in [7, 11) is -3.47. The molecule has 3 aromatic rings. The number of rotatable bonds is 5. The van der Waals surface area contributed by atoms with Crippen LogP contribution in [0.4, 0.5) is 0 Å². The molecule has 0 heterocycles. The standard InChI is InChI=1S/C21H18O2S/c22-24(23,17-19-12-6-2-7-13-19)21(20-14-8-3-9-15-20)16-18-10-4-1-5-11-18/h1-16H,17H2/b21-16+. The van der Waals surface area contributed by atoms with Crippen LogP contribution in [0.2, 0.25) is 0 Å². The van der Waals surface area contributed by atoms with Gasteiger partial charge in [0.15, 0.2) is 9.84 Å². The summed E-state index contributed by atoms with van der Waals surface area (Å²) in [6.45, 7) is 0. The first-order chi connectivity index (χ1) is 11.6. The number of benzene rings is 3. The molecule has 0 aliphatic rings. The van der Waals surface area contributed by atoms with Gasteiger partial charge in [-0.05, 0) is 22.8 Å². The lowest BCUT2D eigenvalue weighted by Crippen LogP contribution is -2.07. The zero-order chi connectivity index (χ0) is 16.8. The molecule has 24 heavy (non-hydrogen) atoms. The van der Waals surface area contributed by atoms with Crippen LogP contribution in [-0.4, -0.2) is 8.42 Å². The molecule has 0 radical (unpaired) electrons. The number of hydrogen-bond acceptors (Lipinski definition) is 2. The van der Waals surface area contributed by atoms with Gasteiger partial charge in [0.05, 0.1) is 10.7 Å². The van der Waals surface area contributed by atoms with Crippen molar-refractivity contribution in [2.24, 2.45) is 0 Å². The van der Waals surface area contributed by atoms with Gasteiger partial charge in [-0.15, -0.1) is 0 Å². The highest BCUT2D eigenvalue weighted by atomic mass is 32.2. The van der Waals surface area contributed by atoms with E-state index in [0.717, 1.165) is 11.1 Å². The molecule has 0 aliphatic heterocycles. The zero-order valence-corrected chi connectivity index (χ0v) is 14.0. The fourth-order valence-corrected chi connectivity index (χ4v) is 4.12. The molecule has 0 aliphatic carbocycles. The Morgan fingerprint density at radius 3 is 1.79 bits per heavy atom. The predicted molar refractivity (Wildman–Crippen MR) is 99.8 cm³/mol. The Hall–Kier alpha value is -2.65. The SMILES string of the molecule is O=S(=O)(Cc1ccccc1)/C(=C/c1ccccc1)c1ccccc1. The van der Waals surface area contributed by atoms with Crippen LogP contribution in [0.1, 0.15) is 16.7 Å². The summed E-state index contributed by atoms with van der Waals surface area (Å²) in [6, 6.07) is 28.0. The largest absolute Gasteiger partial charge is 0.223 e. The van der Waals surface area contributed by atoms with Crippen LogP contribution < -0.4 is 0 Å². The van der Waals surface area contributed by atoms with Crippen LogP contribution >= 0.6 is 0 Å². The van der Waals surface area contributed by atoms with Gasteiger partial charge < -0.3 is 0 Å². The Balaban J connectivity index is 2.06. The van der Waals surface area contributed by atoms with E-state index in [0.29, 0.717) is 10.5 Å². The second kappa shape index (κ2) is 7.28. The topological polar surface area (TPSA) is 34.1 Å². The molecule has 0 saturated carbocycles. The molecular weight excluding hydrogens is 316 g/mol. The van der Waals surface area contributed by atoms with Gasteiger partial charge in [-0.1, -0.05) is 91.0 Å². The summed E-state index contributed by atoms with van der Waals surface area (Å²) in [5.74, 6) is -0.0125. The molecule has 2 nitrogen and oxygen atoms in total. The molecule has 3 heteroatoms. The van der Waals surface area contributed by atoms with Crippen LogP contribution in [0.3, 0.4) is 0 Å². The maximum absolute atomic E-state index is 13.0. The van der Waals surface area contributed by atoms with Gasteiger partial charge in [0, 0.05) is 0 Å². The maximum atomic E-state index is 13.0. The average molecular weight is 334 g/mol. The quantitative estimate of drug-likeness (QED) is 0.628. The zero-order valence-electron chi connectivity index (χ0n) is 13.2. The Kier molecular flexibility index (Phi) is 4.92. The Morgan fingerprint density at radius 2 is 1.21 bits per heavy atom. The number of hydrogen-bond donors (Lipinski definition) is 0. The van der Waals surface area contributed by atoms with Crippen molar-refractivity contribution in [1.82, 2.24) is 0 Å². The second-order valence-corrected chi connectivity index (χ2v) is 7.49. The van der Waals surface area contributed by atoms with Crippen LogP contribution in [0.5, 0.6) is 0 Å². The van der Waals surface area contributed by atoms with E-state index in [9.17, 15) is 8.42 Å². The number of sulfone groups is 1. The lowest BCUT2D eigenvalue weighted by molar-refractivity contribution is 0.605. The highest BCUT2D eigenvalue weighted by Gasteiger charge is 2.20. The first-order valence-corrected chi connectivity index (χ1v) is 9.39. The van der Waals surface area contributed by atoms with E-state index in [1.54, 1.807) is 6.08 Å². The van der Waals surface area contributed by atoms with E-state index < -0.39 is 9.84 Å². The fourth-order valence-electron chi connectivity index (χ4n) is 2.53. The van der Waals surface area contributed by atoms with Gasteiger partial charge in [0.2, 0.25) is 0 Å². The average Bonchev–Trinajstić information content (AvgIpc) is 2.62. The molecule has 0 spiro atoms. The minimum Gasteiger partial charge on any atom is -0.223 e. The Bertz CT molecular complexity index is 913. The van der Waals surface area contributed by atoms with Crippen LogP contribution in [0.15, 0.2) is 91.0 Å². The van der Waals surface area contributed by atoms with Crippen molar-refractivity contribution in [1.29, 1.82) is 0 Å². The lowest BCUT2D eigenvalue weighted by Gasteiger charge is -2.10. The van der Waals surface area contributed by atoms with Gasteiger partial charge in [-0.3, -0.25) is 0 Å². The summed E-state index contributed by atoms with van der Waals surface area (Å²) in [6.07, 6.45) is 1.74. The third-order valence-corrected chi connectivity index (χ3v) is 5.43. The van der Waals surface area contributed by atoms with Gasteiger partial charge in [0.1, 0.15) is 0 Å². The Morgan fingerprint density at radius 1 is 0.708 bits per heavy atom. The van der Waals surface area contributed by atoms with E-state index in [1.807, 2.05) is 91.0 Å². The third-order valence-electron chi connectivity index (χ3n) is 3.69. The summed E-state index contributed by atoms with van der Waals surface area (Å²) in [5, 5.41) is 0. The van der Waals surface area contributed by atoms with Gasteiger partial charge in [-0.2, -0.15) is 0 Å². The van der Waals surface area contributed by atoms with Gasteiger partial charge >= 0.3 is 0 Å². The van der Waals surface area contributed by atoms with E-state index in [2.05, 4.69) is 0 Å². The monoisotopic (exact) mass is 334 g/mol. The summed E-state index contributed by atoms with van der Waals surface area (Å²) in [5.41, 5.74) is 2.36. The highest BCUT2D eigenvalue weighted by molar-refractivity contribution is 8.00. The van der Waals surface area contributed by atoms with E-state index in [4.69, 9.17) is 0 Å². The Labute approximate surface area is 143 Å². The molecule has 0 fully saturated rings. The molecule has 0 atom stereocenters. The summed E-state index contributed by atoms with van der Waals surface area (Å²) >= 11 is 0. The molecule has 0 amide bonds. The third kappa shape index (κ3) is 4.00. The van der Waals surface area contributed by atoms with Crippen molar-refractivity contribution in [3.63, 3.8) is 0 Å². The molecule has 0 unspecified atom stereocenters. The minimum atomic E-state index is -3.47. The normalized spacial score (nSPS) is 12.1. The lowest BCUT2D eigenvalue weighted by atomic mass is 10.1. The van der Waals surface area contributed by atoms with Crippen LogP contribution in [0.25, 0.3) is 11.0 Å². The molecule has 3 rings (SSSR count). The molecule has 0 aromatic heterocycles. The summed E-state index contributed by atoms with van der Waals surface area (Å²) < 4.78 is 26.1. The van der Waals surface area contributed by atoms with Crippen molar-refractivity contribution in [2.45, 2.75) is 5.75 Å².